The summed E-state index contributed by atoms with van der Waals surface area (Å²) in [4.78, 5) is 8.21. The van der Waals surface area contributed by atoms with Crippen molar-refractivity contribution in [3.63, 3.8) is 0 Å². The second-order valence-corrected chi connectivity index (χ2v) is 8.95. The number of benzene rings is 1. The lowest BCUT2D eigenvalue weighted by atomic mass is 9.75. The van der Waals surface area contributed by atoms with Crippen molar-refractivity contribution in [1.29, 1.82) is 0 Å². The second kappa shape index (κ2) is 8.69. The maximum absolute atomic E-state index is 10.3. The molecule has 0 saturated carbocycles. The van der Waals surface area contributed by atoms with Crippen LogP contribution in [-0.2, 0) is 13.0 Å². The van der Waals surface area contributed by atoms with E-state index >= 15 is 0 Å². The number of oxazole rings is 1. The summed E-state index contributed by atoms with van der Waals surface area (Å²) in [5, 5.41) is 12.3. The zero-order valence-electron chi connectivity index (χ0n) is 17.1. The highest BCUT2D eigenvalue weighted by molar-refractivity contribution is 7.13. The van der Waals surface area contributed by atoms with Crippen LogP contribution in [-0.4, -0.2) is 41.8 Å². The Morgan fingerprint density at radius 1 is 1.31 bits per heavy atom. The Morgan fingerprint density at radius 2 is 2.21 bits per heavy atom. The van der Waals surface area contributed by atoms with E-state index in [0.29, 0.717) is 5.89 Å². The molecule has 0 spiro atoms. The van der Waals surface area contributed by atoms with Crippen molar-refractivity contribution in [1.82, 2.24) is 9.88 Å². The highest BCUT2D eigenvalue weighted by atomic mass is 32.1. The van der Waals surface area contributed by atoms with E-state index in [1.165, 1.54) is 5.56 Å². The van der Waals surface area contributed by atoms with Gasteiger partial charge >= 0.3 is 0 Å². The van der Waals surface area contributed by atoms with Crippen molar-refractivity contribution in [2.24, 2.45) is 5.41 Å². The number of aliphatic hydroxyl groups is 1. The lowest BCUT2D eigenvalue weighted by molar-refractivity contribution is 0.0282. The number of aromatic nitrogens is 1. The molecule has 1 atom stereocenters. The number of aryl methyl sites for hydroxylation is 1. The topological polar surface area (TPSA) is 58.7 Å². The average Bonchev–Trinajstić information content (AvgIpc) is 3.39. The maximum atomic E-state index is 10.3. The van der Waals surface area contributed by atoms with Crippen LogP contribution in [0.3, 0.4) is 0 Å². The molecule has 1 aromatic carbocycles. The molecule has 1 fully saturated rings. The third-order valence-corrected chi connectivity index (χ3v) is 6.65. The Morgan fingerprint density at radius 3 is 2.97 bits per heavy atom. The predicted molar refractivity (Wildman–Crippen MR) is 115 cm³/mol. The van der Waals surface area contributed by atoms with Crippen LogP contribution in [0.1, 0.15) is 29.9 Å². The standard InChI is InChI=1S/C23H28N2O3S/c1-17-20(24-22(28-17)21-8-4-11-29-21)14-25-10-5-9-23(15-25,16-26)13-18-6-3-7-19(12-18)27-2/h3-4,6-8,11-12,26H,5,9-10,13-16H2,1-2H3/t23-/m1/s1. The van der Waals surface area contributed by atoms with Crippen molar-refractivity contribution < 1.29 is 14.3 Å². The molecule has 5 nitrogen and oxygen atoms in total. The van der Waals surface area contributed by atoms with Gasteiger partial charge in [-0.25, -0.2) is 4.98 Å². The molecule has 0 amide bonds. The van der Waals surface area contributed by atoms with E-state index in [2.05, 4.69) is 17.0 Å². The van der Waals surface area contributed by atoms with Gasteiger partial charge in [-0.15, -0.1) is 11.3 Å². The van der Waals surface area contributed by atoms with E-state index in [9.17, 15) is 5.11 Å². The zero-order valence-corrected chi connectivity index (χ0v) is 17.9. The molecule has 0 bridgehead atoms. The molecule has 1 aliphatic rings. The van der Waals surface area contributed by atoms with Gasteiger partial charge in [-0.3, -0.25) is 4.90 Å². The largest absolute Gasteiger partial charge is 0.497 e. The van der Waals surface area contributed by atoms with E-state index in [0.717, 1.165) is 61.0 Å². The quantitative estimate of drug-likeness (QED) is 0.617. The third-order valence-electron chi connectivity index (χ3n) is 5.79. The van der Waals surface area contributed by atoms with Crippen LogP contribution >= 0.6 is 11.3 Å². The fraction of sp³-hybridized carbons (Fsp3) is 0.435. The molecular weight excluding hydrogens is 384 g/mol. The molecule has 0 radical (unpaired) electrons. The van der Waals surface area contributed by atoms with Crippen LogP contribution in [0.4, 0.5) is 0 Å². The first-order chi connectivity index (χ1) is 14.1. The molecule has 3 aromatic rings. The highest BCUT2D eigenvalue weighted by Gasteiger charge is 2.35. The number of ether oxygens (including phenoxy) is 1. The predicted octanol–water partition coefficient (Wildman–Crippen LogP) is 4.54. The van der Waals surface area contributed by atoms with E-state index in [4.69, 9.17) is 14.1 Å². The second-order valence-electron chi connectivity index (χ2n) is 8.00. The van der Waals surface area contributed by atoms with Gasteiger partial charge in [-0.05, 0) is 61.9 Å². The summed E-state index contributed by atoms with van der Waals surface area (Å²) < 4.78 is 11.3. The van der Waals surface area contributed by atoms with E-state index < -0.39 is 0 Å². The molecular formula is C23H28N2O3S. The van der Waals surface area contributed by atoms with Gasteiger partial charge in [-0.2, -0.15) is 0 Å². The first-order valence-corrected chi connectivity index (χ1v) is 11.0. The summed E-state index contributed by atoms with van der Waals surface area (Å²) in [7, 11) is 1.69. The molecule has 0 aliphatic carbocycles. The Balaban J connectivity index is 1.48. The molecule has 4 rings (SSSR count). The van der Waals surface area contributed by atoms with Crippen LogP contribution in [0.25, 0.3) is 10.8 Å². The van der Waals surface area contributed by atoms with Gasteiger partial charge < -0.3 is 14.3 Å². The molecule has 3 heterocycles. The van der Waals surface area contributed by atoms with Crippen LogP contribution in [0, 0.1) is 12.3 Å². The zero-order chi connectivity index (χ0) is 20.3. The molecule has 6 heteroatoms. The van der Waals surface area contributed by atoms with Gasteiger partial charge in [0.25, 0.3) is 0 Å². The fourth-order valence-electron chi connectivity index (χ4n) is 4.28. The SMILES string of the molecule is COc1cccc(C[C@]2(CO)CCCN(Cc3nc(-c4cccs4)oc3C)C2)c1. The summed E-state index contributed by atoms with van der Waals surface area (Å²) >= 11 is 1.64. The smallest absolute Gasteiger partial charge is 0.236 e. The normalized spacial score (nSPS) is 20.1. The number of aliphatic hydroxyl groups excluding tert-OH is 1. The molecule has 0 unspecified atom stereocenters. The van der Waals surface area contributed by atoms with Gasteiger partial charge in [0.15, 0.2) is 0 Å². The van der Waals surface area contributed by atoms with Crippen molar-refractivity contribution in [3.8, 4) is 16.5 Å². The lowest BCUT2D eigenvalue weighted by Gasteiger charge is -2.42. The minimum atomic E-state index is -0.140. The molecule has 29 heavy (non-hydrogen) atoms. The van der Waals surface area contributed by atoms with E-state index in [1.54, 1.807) is 18.4 Å². The molecule has 1 aliphatic heterocycles. The minimum absolute atomic E-state index is 0.140. The summed E-state index contributed by atoms with van der Waals surface area (Å²) in [6.45, 7) is 4.78. The molecule has 2 aromatic heterocycles. The maximum Gasteiger partial charge on any atom is 0.236 e. The highest BCUT2D eigenvalue weighted by Crippen LogP contribution is 2.35. The summed E-state index contributed by atoms with van der Waals surface area (Å²) in [5.41, 5.74) is 2.06. The molecule has 1 saturated heterocycles. The Labute approximate surface area is 176 Å². The van der Waals surface area contributed by atoms with Crippen LogP contribution in [0.2, 0.25) is 0 Å². The van der Waals surface area contributed by atoms with Crippen molar-refractivity contribution >= 4 is 11.3 Å². The van der Waals surface area contributed by atoms with Gasteiger partial charge in [0.05, 0.1) is 24.3 Å². The number of methoxy groups -OCH3 is 1. The Kier molecular flexibility index (Phi) is 6.04. The van der Waals surface area contributed by atoms with Crippen molar-refractivity contribution in [3.05, 3.63) is 58.8 Å². The summed E-state index contributed by atoms with van der Waals surface area (Å²) in [6.07, 6.45) is 2.93. The van der Waals surface area contributed by atoms with Crippen LogP contribution in [0.15, 0.2) is 46.2 Å². The van der Waals surface area contributed by atoms with Crippen molar-refractivity contribution in [2.75, 3.05) is 26.8 Å². The minimum Gasteiger partial charge on any atom is -0.497 e. The van der Waals surface area contributed by atoms with Gasteiger partial charge in [0, 0.05) is 18.5 Å². The van der Waals surface area contributed by atoms with E-state index in [-0.39, 0.29) is 12.0 Å². The van der Waals surface area contributed by atoms with Gasteiger partial charge in [-0.1, -0.05) is 18.2 Å². The number of likely N-dealkylation sites (tertiary alicyclic amines) is 1. The van der Waals surface area contributed by atoms with E-state index in [1.807, 2.05) is 36.6 Å². The Bertz CT molecular complexity index is 938. The van der Waals surface area contributed by atoms with Crippen molar-refractivity contribution in [2.45, 2.75) is 32.7 Å². The number of hydrogen-bond donors (Lipinski definition) is 1. The fourth-order valence-corrected chi connectivity index (χ4v) is 4.93. The summed E-state index contributed by atoms with van der Waals surface area (Å²) in [6, 6.07) is 12.2. The van der Waals surface area contributed by atoms with Crippen LogP contribution in [0.5, 0.6) is 5.75 Å². The number of nitrogens with zero attached hydrogens (tertiary/aromatic N) is 2. The first-order valence-electron chi connectivity index (χ1n) is 10.1. The Hall–Kier alpha value is -2.15. The number of piperidine rings is 1. The van der Waals surface area contributed by atoms with Gasteiger partial charge in [0.1, 0.15) is 11.5 Å². The monoisotopic (exact) mass is 412 g/mol. The lowest BCUT2D eigenvalue weighted by Crippen LogP contribution is -2.46. The third kappa shape index (κ3) is 4.55. The number of hydrogen-bond acceptors (Lipinski definition) is 6. The van der Waals surface area contributed by atoms with Crippen LogP contribution < -0.4 is 4.74 Å². The van der Waals surface area contributed by atoms with Gasteiger partial charge in [0.2, 0.25) is 5.89 Å². The number of thiophene rings is 1. The summed E-state index contributed by atoms with van der Waals surface area (Å²) in [5.74, 6) is 2.44. The molecule has 154 valence electrons. The number of rotatable bonds is 7. The average molecular weight is 413 g/mol. The molecule has 1 N–H and O–H groups in total. The first kappa shape index (κ1) is 20.1.